The maximum atomic E-state index is 11.9. The summed E-state index contributed by atoms with van der Waals surface area (Å²) in [5, 5.41) is 11.7. The zero-order chi connectivity index (χ0) is 15.7. The molecule has 1 aromatic carbocycles. The Bertz CT molecular complexity index is 473. The highest BCUT2D eigenvalue weighted by atomic mass is 16.5. The summed E-state index contributed by atoms with van der Waals surface area (Å²) < 4.78 is 5.22. The van der Waals surface area contributed by atoms with Crippen LogP contribution in [0.3, 0.4) is 0 Å². The Morgan fingerprint density at radius 2 is 2.05 bits per heavy atom. The normalized spacial score (nSPS) is 11.7. The Labute approximate surface area is 125 Å². The fourth-order valence-corrected chi connectivity index (χ4v) is 2.09. The van der Waals surface area contributed by atoms with Crippen LogP contribution in [0.1, 0.15) is 38.2 Å². The van der Waals surface area contributed by atoms with Crippen molar-refractivity contribution < 1.29 is 19.4 Å². The number of carbonyl (C=O) groups excluding carboxylic acids is 1. The van der Waals surface area contributed by atoms with Crippen molar-refractivity contribution in [2.75, 3.05) is 7.11 Å². The number of unbranched alkanes of at least 4 members (excludes halogenated alkanes) is 1. The molecule has 0 radical (unpaired) electrons. The molecule has 0 aliphatic carbocycles. The number of hydrogen-bond donors (Lipinski definition) is 2. The molecule has 0 aliphatic heterocycles. The molecule has 5 heteroatoms. The van der Waals surface area contributed by atoms with E-state index >= 15 is 0 Å². The van der Waals surface area contributed by atoms with E-state index in [1.807, 2.05) is 31.2 Å². The molecule has 116 valence electrons. The van der Waals surface area contributed by atoms with Gasteiger partial charge < -0.3 is 15.2 Å². The van der Waals surface area contributed by atoms with E-state index in [2.05, 4.69) is 5.32 Å². The van der Waals surface area contributed by atoms with Crippen molar-refractivity contribution in [2.24, 2.45) is 0 Å². The van der Waals surface area contributed by atoms with Gasteiger partial charge in [0.1, 0.15) is 11.8 Å². The van der Waals surface area contributed by atoms with Crippen molar-refractivity contribution in [3.05, 3.63) is 29.8 Å². The Morgan fingerprint density at radius 3 is 2.67 bits per heavy atom. The molecule has 0 spiro atoms. The summed E-state index contributed by atoms with van der Waals surface area (Å²) in [4.78, 5) is 23.0. The minimum absolute atomic E-state index is 0.246. The number of aryl methyl sites for hydroxylation is 1. The molecule has 0 saturated carbocycles. The number of rotatable bonds is 9. The first-order valence-corrected chi connectivity index (χ1v) is 7.22. The monoisotopic (exact) mass is 293 g/mol. The first kappa shape index (κ1) is 17.0. The van der Waals surface area contributed by atoms with Gasteiger partial charge in [0.15, 0.2) is 0 Å². The molecule has 0 bridgehead atoms. The number of benzene rings is 1. The smallest absolute Gasteiger partial charge is 0.326 e. The Hall–Kier alpha value is -2.04. The summed E-state index contributed by atoms with van der Waals surface area (Å²) in [6.45, 7) is 1.99. The standard InChI is InChI=1S/C16H23NO4/c1-3-4-8-13(16(19)20)17-15(18)11-10-12-7-5-6-9-14(12)21-2/h5-7,9,13H,3-4,8,10-11H2,1-2H3,(H,17,18)(H,19,20)/t13-/m0/s1. The van der Waals surface area contributed by atoms with Crippen LogP contribution in [0.25, 0.3) is 0 Å². The van der Waals surface area contributed by atoms with Crippen molar-refractivity contribution in [1.29, 1.82) is 0 Å². The summed E-state index contributed by atoms with van der Waals surface area (Å²) in [6, 6.07) is 6.70. The summed E-state index contributed by atoms with van der Waals surface area (Å²) in [5.41, 5.74) is 0.940. The van der Waals surface area contributed by atoms with Gasteiger partial charge in [0.25, 0.3) is 0 Å². The van der Waals surface area contributed by atoms with Crippen molar-refractivity contribution in [3.63, 3.8) is 0 Å². The maximum absolute atomic E-state index is 11.9. The molecule has 1 rings (SSSR count). The van der Waals surface area contributed by atoms with E-state index in [9.17, 15) is 9.59 Å². The first-order chi connectivity index (χ1) is 10.1. The maximum Gasteiger partial charge on any atom is 0.326 e. The molecule has 0 aliphatic rings. The summed E-state index contributed by atoms with van der Waals surface area (Å²) in [5.74, 6) is -0.482. The zero-order valence-corrected chi connectivity index (χ0v) is 12.6. The van der Waals surface area contributed by atoms with Crippen molar-refractivity contribution >= 4 is 11.9 Å². The quantitative estimate of drug-likeness (QED) is 0.733. The molecule has 5 nitrogen and oxygen atoms in total. The molecular formula is C16H23NO4. The van der Waals surface area contributed by atoms with E-state index in [1.165, 1.54) is 0 Å². The average molecular weight is 293 g/mol. The summed E-state index contributed by atoms with van der Waals surface area (Å²) >= 11 is 0. The van der Waals surface area contributed by atoms with Gasteiger partial charge in [0.05, 0.1) is 7.11 Å². The van der Waals surface area contributed by atoms with Gasteiger partial charge in [-0.05, 0) is 24.5 Å². The van der Waals surface area contributed by atoms with Crippen LogP contribution < -0.4 is 10.1 Å². The van der Waals surface area contributed by atoms with E-state index in [-0.39, 0.29) is 12.3 Å². The SMILES string of the molecule is CCCC[C@H](NC(=O)CCc1ccccc1OC)C(=O)O. The number of carbonyl (C=O) groups is 2. The predicted molar refractivity (Wildman–Crippen MR) is 80.4 cm³/mol. The number of methoxy groups -OCH3 is 1. The number of amides is 1. The van der Waals surface area contributed by atoms with Gasteiger partial charge in [0, 0.05) is 6.42 Å². The fraction of sp³-hybridized carbons (Fsp3) is 0.500. The highest BCUT2D eigenvalue weighted by Gasteiger charge is 2.19. The Morgan fingerprint density at radius 1 is 1.33 bits per heavy atom. The summed E-state index contributed by atoms with van der Waals surface area (Å²) in [6.07, 6.45) is 2.92. The molecule has 21 heavy (non-hydrogen) atoms. The summed E-state index contributed by atoms with van der Waals surface area (Å²) in [7, 11) is 1.59. The van der Waals surface area contributed by atoms with Crippen LogP contribution in [0.5, 0.6) is 5.75 Å². The molecular weight excluding hydrogens is 270 g/mol. The second-order valence-corrected chi connectivity index (χ2v) is 4.91. The van der Waals surface area contributed by atoms with Crippen LogP contribution in [-0.4, -0.2) is 30.1 Å². The Kier molecular flexibility index (Phi) is 7.29. The van der Waals surface area contributed by atoms with Gasteiger partial charge >= 0.3 is 5.97 Å². The van der Waals surface area contributed by atoms with Crippen molar-refractivity contribution in [3.8, 4) is 5.75 Å². The number of nitrogens with one attached hydrogen (secondary N) is 1. The topological polar surface area (TPSA) is 75.6 Å². The third-order valence-electron chi connectivity index (χ3n) is 3.29. The molecule has 1 amide bonds. The lowest BCUT2D eigenvalue weighted by Crippen LogP contribution is -2.40. The van der Waals surface area contributed by atoms with E-state index < -0.39 is 12.0 Å². The van der Waals surface area contributed by atoms with E-state index in [1.54, 1.807) is 7.11 Å². The number of carboxylic acid groups (broad SMARTS) is 1. The minimum Gasteiger partial charge on any atom is -0.496 e. The number of carboxylic acids is 1. The fourth-order valence-electron chi connectivity index (χ4n) is 2.09. The van der Waals surface area contributed by atoms with E-state index in [0.717, 1.165) is 24.2 Å². The molecule has 0 fully saturated rings. The van der Waals surface area contributed by atoms with Crippen molar-refractivity contribution in [1.82, 2.24) is 5.32 Å². The molecule has 0 unspecified atom stereocenters. The third kappa shape index (κ3) is 5.85. The van der Waals surface area contributed by atoms with Crippen molar-refractivity contribution in [2.45, 2.75) is 45.1 Å². The van der Waals surface area contributed by atoms with Gasteiger partial charge in [-0.25, -0.2) is 4.79 Å². The van der Waals surface area contributed by atoms with Gasteiger partial charge in [-0.3, -0.25) is 4.79 Å². The van der Waals surface area contributed by atoms with E-state index in [0.29, 0.717) is 12.8 Å². The van der Waals surface area contributed by atoms with Gasteiger partial charge in [-0.2, -0.15) is 0 Å². The van der Waals surface area contributed by atoms with Crippen LogP contribution >= 0.6 is 0 Å². The average Bonchev–Trinajstić information content (AvgIpc) is 2.49. The highest BCUT2D eigenvalue weighted by molar-refractivity contribution is 5.83. The molecule has 0 heterocycles. The molecule has 0 saturated heterocycles. The molecule has 0 aromatic heterocycles. The lowest BCUT2D eigenvalue weighted by Gasteiger charge is -2.14. The lowest BCUT2D eigenvalue weighted by molar-refractivity contribution is -0.142. The first-order valence-electron chi connectivity index (χ1n) is 7.22. The van der Waals surface area contributed by atoms with Gasteiger partial charge in [-0.15, -0.1) is 0 Å². The largest absolute Gasteiger partial charge is 0.496 e. The number of hydrogen-bond acceptors (Lipinski definition) is 3. The second kappa shape index (κ2) is 9.00. The number of aliphatic carboxylic acids is 1. The number of ether oxygens (including phenoxy) is 1. The molecule has 2 N–H and O–H groups in total. The highest BCUT2D eigenvalue weighted by Crippen LogP contribution is 2.18. The third-order valence-corrected chi connectivity index (χ3v) is 3.29. The minimum atomic E-state index is -0.978. The van der Waals surface area contributed by atoms with E-state index in [4.69, 9.17) is 9.84 Å². The van der Waals surface area contributed by atoms with Gasteiger partial charge in [0.2, 0.25) is 5.91 Å². The molecule has 1 atom stereocenters. The number of para-hydroxylation sites is 1. The van der Waals surface area contributed by atoms with Crippen LogP contribution in [0.4, 0.5) is 0 Å². The lowest BCUT2D eigenvalue weighted by atomic mass is 10.1. The predicted octanol–water partition coefficient (Wildman–Crippen LogP) is 2.39. The Balaban J connectivity index is 2.50. The van der Waals surface area contributed by atoms with Crippen LogP contribution in [0.15, 0.2) is 24.3 Å². The van der Waals surface area contributed by atoms with Crippen LogP contribution in [0, 0.1) is 0 Å². The molecule has 1 aromatic rings. The van der Waals surface area contributed by atoms with Crippen LogP contribution in [0.2, 0.25) is 0 Å². The van der Waals surface area contributed by atoms with Crippen LogP contribution in [-0.2, 0) is 16.0 Å². The zero-order valence-electron chi connectivity index (χ0n) is 12.6. The second-order valence-electron chi connectivity index (χ2n) is 4.91. The van der Waals surface area contributed by atoms with Gasteiger partial charge in [-0.1, -0.05) is 38.0 Å².